The van der Waals surface area contributed by atoms with Crippen LogP contribution in [-0.4, -0.2) is 29.3 Å². The highest BCUT2D eigenvalue weighted by Crippen LogP contribution is 2.26. The Morgan fingerprint density at radius 2 is 1.46 bits per heavy atom. The monoisotopic (exact) mass is 381 g/mol. The third-order valence-corrected chi connectivity index (χ3v) is 5.17. The molecule has 0 aromatic heterocycles. The van der Waals surface area contributed by atoms with E-state index in [1.54, 1.807) is 0 Å². The number of rotatable bonds is 7. The van der Waals surface area contributed by atoms with Crippen LogP contribution < -0.4 is 4.74 Å². The molecule has 1 atom stereocenters. The Hall–Kier alpha value is -2.13. The van der Waals surface area contributed by atoms with Gasteiger partial charge >= 0.3 is 0 Å². The number of benzene rings is 2. The number of likely N-dealkylation sites (N-methyl/N-ethyl adjacent to an activating group) is 1. The standard InChI is InChI=1S/C25H35NO2/c1-24(2,3)23(27)22(26(7)25(4,5)6)17-19-13-15-21(16-14-19)28-18-20-11-9-8-10-12-20/h8-16,22H,17-18H2,1-7H3. The zero-order valence-corrected chi connectivity index (χ0v) is 18.5. The molecule has 0 spiro atoms. The average Bonchev–Trinajstić information content (AvgIpc) is 2.63. The molecule has 0 radical (unpaired) electrons. The predicted octanol–water partition coefficient (Wildman–Crippen LogP) is 5.52. The minimum Gasteiger partial charge on any atom is -0.489 e. The lowest BCUT2D eigenvalue weighted by atomic mass is 9.82. The van der Waals surface area contributed by atoms with E-state index in [0.29, 0.717) is 13.0 Å². The van der Waals surface area contributed by atoms with Gasteiger partial charge in [-0.15, -0.1) is 0 Å². The second-order valence-corrected chi connectivity index (χ2v) is 9.53. The summed E-state index contributed by atoms with van der Waals surface area (Å²) < 4.78 is 5.88. The lowest BCUT2D eigenvalue weighted by Crippen LogP contribution is -2.52. The van der Waals surface area contributed by atoms with Gasteiger partial charge in [0.2, 0.25) is 0 Å². The summed E-state index contributed by atoms with van der Waals surface area (Å²) in [5.74, 6) is 1.12. The van der Waals surface area contributed by atoms with Crippen molar-refractivity contribution in [3.63, 3.8) is 0 Å². The fourth-order valence-electron chi connectivity index (χ4n) is 3.06. The molecule has 3 nitrogen and oxygen atoms in total. The number of hydrogen-bond acceptors (Lipinski definition) is 3. The Labute approximate surface area is 170 Å². The first kappa shape index (κ1) is 22.2. The molecule has 0 aliphatic rings. The van der Waals surface area contributed by atoms with Gasteiger partial charge in [-0.05, 0) is 57.5 Å². The van der Waals surface area contributed by atoms with Gasteiger partial charge in [0.1, 0.15) is 12.4 Å². The van der Waals surface area contributed by atoms with E-state index in [1.807, 2.05) is 58.2 Å². The lowest BCUT2D eigenvalue weighted by molar-refractivity contribution is -0.133. The quantitative estimate of drug-likeness (QED) is 0.632. The zero-order valence-electron chi connectivity index (χ0n) is 18.5. The molecular formula is C25H35NO2. The second-order valence-electron chi connectivity index (χ2n) is 9.53. The number of Topliss-reactive ketones (excluding diaryl/α,β-unsaturated/α-hetero) is 1. The molecule has 0 N–H and O–H groups in total. The molecule has 2 rings (SSSR count). The summed E-state index contributed by atoms with van der Waals surface area (Å²) >= 11 is 0. The van der Waals surface area contributed by atoms with E-state index in [4.69, 9.17) is 4.74 Å². The van der Waals surface area contributed by atoms with Gasteiger partial charge < -0.3 is 4.74 Å². The maximum Gasteiger partial charge on any atom is 0.155 e. The molecule has 0 bridgehead atoms. The van der Waals surface area contributed by atoms with E-state index in [1.165, 1.54) is 0 Å². The minimum absolute atomic E-state index is 0.0791. The lowest BCUT2D eigenvalue weighted by Gasteiger charge is -2.40. The van der Waals surface area contributed by atoms with Crippen LogP contribution in [0.5, 0.6) is 5.75 Å². The Bertz CT molecular complexity index is 752. The molecule has 0 saturated heterocycles. The normalized spacial score (nSPS) is 13.4. The topological polar surface area (TPSA) is 29.5 Å². The van der Waals surface area contributed by atoms with E-state index in [-0.39, 0.29) is 22.8 Å². The number of hydrogen-bond donors (Lipinski definition) is 0. The molecular weight excluding hydrogens is 346 g/mol. The highest BCUT2D eigenvalue weighted by Gasteiger charge is 2.36. The Balaban J connectivity index is 2.10. The summed E-state index contributed by atoms with van der Waals surface area (Å²) in [6, 6.07) is 18.1. The molecule has 28 heavy (non-hydrogen) atoms. The van der Waals surface area contributed by atoms with Gasteiger partial charge in [0.25, 0.3) is 0 Å². The van der Waals surface area contributed by atoms with Crippen LogP contribution in [0.2, 0.25) is 0 Å². The molecule has 0 heterocycles. The van der Waals surface area contributed by atoms with Crippen LogP contribution in [-0.2, 0) is 17.8 Å². The van der Waals surface area contributed by atoms with E-state index >= 15 is 0 Å². The van der Waals surface area contributed by atoms with Gasteiger partial charge in [-0.25, -0.2) is 0 Å². The van der Waals surface area contributed by atoms with Crippen LogP contribution >= 0.6 is 0 Å². The molecule has 0 aliphatic carbocycles. The number of ketones is 1. The molecule has 2 aromatic carbocycles. The third-order valence-electron chi connectivity index (χ3n) is 5.17. The summed E-state index contributed by atoms with van der Waals surface area (Å²) in [5.41, 5.74) is 1.84. The average molecular weight is 382 g/mol. The highest BCUT2D eigenvalue weighted by atomic mass is 16.5. The van der Waals surface area contributed by atoms with Gasteiger partial charge in [-0.2, -0.15) is 0 Å². The van der Waals surface area contributed by atoms with Crippen molar-refractivity contribution >= 4 is 5.78 Å². The van der Waals surface area contributed by atoms with Gasteiger partial charge in [0, 0.05) is 11.0 Å². The van der Waals surface area contributed by atoms with E-state index < -0.39 is 0 Å². The van der Waals surface area contributed by atoms with Crippen molar-refractivity contribution < 1.29 is 9.53 Å². The molecule has 2 aromatic rings. The second kappa shape index (κ2) is 8.91. The van der Waals surface area contributed by atoms with Gasteiger partial charge in [-0.3, -0.25) is 9.69 Å². The van der Waals surface area contributed by atoms with Crippen LogP contribution in [0.3, 0.4) is 0 Å². The number of carbonyl (C=O) groups excluding carboxylic acids is 1. The highest BCUT2D eigenvalue weighted by molar-refractivity contribution is 5.89. The molecule has 0 amide bonds. The van der Waals surface area contributed by atoms with Gasteiger partial charge in [0.15, 0.2) is 5.78 Å². The van der Waals surface area contributed by atoms with Gasteiger partial charge in [0.05, 0.1) is 6.04 Å². The smallest absolute Gasteiger partial charge is 0.155 e. The van der Waals surface area contributed by atoms with Crippen molar-refractivity contribution in [2.24, 2.45) is 5.41 Å². The van der Waals surface area contributed by atoms with E-state index in [2.05, 4.69) is 49.9 Å². The zero-order chi connectivity index (χ0) is 20.9. The summed E-state index contributed by atoms with van der Waals surface area (Å²) in [4.78, 5) is 15.3. The summed E-state index contributed by atoms with van der Waals surface area (Å²) in [7, 11) is 2.05. The number of ether oxygens (including phenoxy) is 1. The Kier molecular flexibility index (Phi) is 7.06. The number of nitrogens with zero attached hydrogens (tertiary/aromatic N) is 1. The molecule has 0 saturated carbocycles. The fraction of sp³-hybridized carbons (Fsp3) is 0.480. The SMILES string of the molecule is CN(C(Cc1ccc(OCc2ccccc2)cc1)C(=O)C(C)(C)C)C(C)(C)C. The van der Waals surface area contributed by atoms with E-state index in [9.17, 15) is 4.79 Å². The van der Waals surface area contributed by atoms with Crippen LogP contribution in [0.1, 0.15) is 52.7 Å². The number of carbonyl (C=O) groups is 1. The first-order valence-corrected chi connectivity index (χ1v) is 10.0. The molecule has 3 heteroatoms. The van der Waals surface area contributed by atoms with Crippen LogP contribution in [0, 0.1) is 5.41 Å². The third kappa shape index (κ3) is 6.20. The largest absolute Gasteiger partial charge is 0.489 e. The maximum absolute atomic E-state index is 13.1. The van der Waals surface area contributed by atoms with Crippen molar-refractivity contribution in [1.82, 2.24) is 4.90 Å². The summed E-state index contributed by atoms with van der Waals surface area (Å²) in [5, 5.41) is 0. The molecule has 0 fully saturated rings. The summed E-state index contributed by atoms with van der Waals surface area (Å²) in [6.07, 6.45) is 0.697. The van der Waals surface area contributed by atoms with Crippen molar-refractivity contribution in [3.8, 4) is 5.75 Å². The fourth-order valence-corrected chi connectivity index (χ4v) is 3.06. The first-order valence-electron chi connectivity index (χ1n) is 10.0. The van der Waals surface area contributed by atoms with Crippen LogP contribution in [0.4, 0.5) is 0 Å². The van der Waals surface area contributed by atoms with Crippen molar-refractivity contribution in [2.75, 3.05) is 7.05 Å². The molecule has 152 valence electrons. The maximum atomic E-state index is 13.1. The minimum atomic E-state index is -0.372. The Morgan fingerprint density at radius 1 is 0.893 bits per heavy atom. The molecule has 0 aliphatic heterocycles. The van der Waals surface area contributed by atoms with Crippen LogP contribution in [0.15, 0.2) is 54.6 Å². The van der Waals surface area contributed by atoms with Crippen molar-refractivity contribution in [3.05, 3.63) is 65.7 Å². The summed E-state index contributed by atoms with van der Waals surface area (Å²) in [6.45, 7) is 13.0. The predicted molar refractivity (Wildman–Crippen MR) is 117 cm³/mol. The van der Waals surface area contributed by atoms with Gasteiger partial charge in [-0.1, -0.05) is 63.2 Å². The Morgan fingerprint density at radius 3 is 1.96 bits per heavy atom. The van der Waals surface area contributed by atoms with Crippen molar-refractivity contribution in [1.29, 1.82) is 0 Å². The van der Waals surface area contributed by atoms with Crippen LogP contribution in [0.25, 0.3) is 0 Å². The van der Waals surface area contributed by atoms with Crippen molar-refractivity contribution in [2.45, 2.75) is 66.2 Å². The molecule has 1 unspecified atom stereocenters. The first-order chi connectivity index (χ1) is 13.0. The van der Waals surface area contributed by atoms with E-state index in [0.717, 1.165) is 16.9 Å².